The molecular formula is C21H23ClN2O2. The number of aryl methyl sites for hydroxylation is 1. The summed E-state index contributed by atoms with van der Waals surface area (Å²) in [6.07, 6.45) is 2.15. The lowest BCUT2D eigenvalue weighted by Crippen LogP contribution is -2.38. The van der Waals surface area contributed by atoms with Gasteiger partial charge in [-0.05, 0) is 54.3 Å². The molecule has 2 aromatic carbocycles. The highest BCUT2D eigenvalue weighted by atomic mass is 35.5. The Bertz CT molecular complexity index is 815. The highest BCUT2D eigenvalue weighted by Gasteiger charge is 2.24. The van der Waals surface area contributed by atoms with E-state index < -0.39 is 0 Å². The van der Waals surface area contributed by atoms with E-state index in [1.165, 1.54) is 0 Å². The van der Waals surface area contributed by atoms with E-state index in [1.807, 2.05) is 49.1 Å². The third-order valence-corrected chi connectivity index (χ3v) is 4.77. The predicted molar refractivity (Wildman–Crippen MR) is 106 cm³/mol. The van der Waals surface area contributed by atoms with Gasteiger partial charge in [0, 0.05) is 28.9 Å². The molecule has 1 aliphatic heterocycles. The van der Waals surface area contributed by atoms with Crippen LogP contribution in [0.15, 0.2) is 42.5 Å². The van der Waals surface area contributed by atoms with Crippen molar-refractivity contribution in [2.45, 2.75) is 33.1 Å². The van der Waals surface area contributed by atoms with Crippen LogP contribution in [-0.4, -0.2) is 18.4 Å². The first-order valence-corrected chi connectivity index (χ1v) is 9.30. The molecule has 0 saturated heterocycles. The summed E-state index contributed by atoms with van der Waals surface area (Å²) in [7, 11) is 0. The van der Waals surface area contributed by atoms with Crippen molar-refractivity contribution in [1.29, 1.82) is 0 Å². The van der Waals surface area contributed by atoms with Gasteiger partial charge in [0.25, 0.3) is 0 Å². The minimum atomic E-state index is -0.0711. The number of rotatable bonds is 4. The summed E-state index contributed by atoms with van der Waals surface area (Å²) >= 11 is 5.87. The number of hydrogen-bond acceptors (Lipinski definition) is 2. The molecule has 26 heavy (non-hydrogen) atoms. The summed E-state index contributed by atoms with van der Waals surface area (Å²) in [5.74, 6) is 0.0448. The van der Waals surface area contributed by atoms with Crippen LogP contribution in [0.4, 0.5) is 11.4 Å². The highest BCUT2D eigenvalue weighted by Crippen LogP contribution is 2.30. The van der Waals surface area contributed by atoms with Gasteiger partial charge in [-0.25, -0.2) is 0 Å². The summed E-state index contributed by atoms with van der Waals surface area (Å²) in [6, 6.07) is 13.0. The van der Waals surface area contributed by atoms with E-state index in [9.17, 15) is 9.59 Å². The van der Waals surface area contributed by atoms with Crippen molar-refractivity contribution in [1.82, 2.24) is 0 Å². The second kappa shape index (κ2) is 7.92. The van der Waals surface area contributed by atoms with Gasteiger partial charge in [0.15, 0.2) is 0 Å². The first-order chi connectivity index (χ1) is 12.4. The topological polar surface area (TPSA) is 49.4 Å². The number of benzene rings is 2. The van der Waals surface area contributed by atoms with Gasteiger partial charge in [-0.2, -0.15) is 0 Å². The van der Waals surface area contributed by atoms with E-state index in [1.54, 1.807) is 12.1 Å². The Balaban J connectivity index is 1.71. The van der Waals surface area contributed by atoms with E-state index in [0.29, 0.717) is 11.4 Å². The van der Waals surface area contributed by atoms with Crippen LogP contribution < -0.4 is 10.2 Å². The van der Waals surface area contributed by atoms with Crippen molar-refractivity contribution < 1.29 is 9.59 Å². The van der Waals surface area contributed by atoms with Gasteiger partial charge >= 0.3 is 0 Å². The zero-order valence-corrected chi connectivity index (χ0v) is 15.8. The monoisotopic (exact) mass is 370 g/mol. The molecule has 1 aliphatic rings. The van der Waals surface area contributed by atoms with Crippen molar-refractivity contribution >= 4 is 34.8 Å². The molecule has 1 heterocycles. The minimum Gasteiger partial charge on any atom is -0.326 e. The molecule has 2 amide bonds. The van der Waals surface area contributed by atoms with Crippen LogP contribution in [0.5, 0.6) is 0 Å². The van der Waals surface area contributed by atoms with Crippen LogP contribution in [0.2, 0.25) is 5.02 Å². The lowest BCUT2D eigenvalue weighted by molar-refractivity contribution is -0.121. The Morgan fingerprint density at radius 2 is 1.88 bits per heavy atom. The summed E-state index contributed by atoms with van der Waals surface area (Å²) in [5.41, 5.74) is 3.75. The number of hydrogen-bond donors (Lipinski definition) is 1. The minimum absolute atomic E-state index is 0.0281. The van der Waals surface area contributed by atoms with Crippen molar-refractivity contribution in [2.75, 3.05) is 16.8 Å². The molecule has 0 radical (unpaired) electrons. The van der Waals surface area contributed by atoms with Gasteiger partial charge < -0.3 is 10.2 Å². The lowest BCUT2D eigenvalue weighted by atomic mass is 9.99. The van der Waals surface area contributed by atoms with Crippen molar-refractivity contribution in [3.8, 4) is 0 Å². The van der Waals surface area contributed by atoms with Crippen LogP contribution in [-0.2, 0) is 22.4 Å². The molecule has 0 atom stereocenters. The van der Waals surface area contributed by atoms with Crippen LogP contribution in [0.3, 0.4) is 0 Å². The summed E-state index contributed by atoms with van der Waals surface area (Å²) < 4.78 is 0. The zero-order valence-electron chi connectivity index (χ0n) is 15.1. The fraction of sp³-hybridized carbons (Fsp3) is 0.333. The average molecular weight is 371 g/mol. The molecule has 1 N–H and O–H groups in total. The van der Waals surface area contributed by atoms with Gasteiger partial charge in [0.2, 0.25) is 11.8 Å². The normalized spacial score (nSPS) is 13.5. The Morgan fingerprint density at radius 1 is 1.15 bits per heavy atom. The second-order valence-electron chi connectivity index (χ2n) is 6.94. The van der Waals surface area contributed by atoms with E-state index >= 15 is 0 Å². The molecule has 2 aromatic rings. The number of carbonyl (C=O) groups is 2. The molecule has 0 bridgehead atoms. The Kier molecular flexibility index (Phi) is 5.62. The van der Waals surface area contributed by atoms with Crippen molar-refractivity contribution in [2.24, 2.45) is 5.92 Å². The van der Waals surface area contributed by atoms with E-state index in [2.05, 4.69) is 5.32 Å². The Labute approximate surface area is 159 Å². The fourth-order valence-corrected chi connectivity index (χ4v) is 3.33. The molecule has 0 spiro atoms. The molecular weight excluding hydrogens is 348 g/mol. The summed E-state index contributed by atoms with van der Waals surface area (Å²) in [5, 5.41) is 3.60. The number of nitrogens with zero attached hydrogens (tertiary/aromatic N) is 1. The van der Waals surface area contributed by atoms with Gasteiger partial charge in [-0.15, -0.1) is 0 Å². The lowest BCUT2D eigenvalue weighted by Gasteiger charge is -2.31. The maximum absolute atomic E-state index is 12.4. The van der Waals surface area contributed by atoms with Crippen LogP contribution >= 0.6 is 11.6 Å². The smallest absolute Gasteiger partial charge is 0.229 e. The third-order valence-electron chi connectivity index (χ3n) is 4.52. The van der Waals surface area contributed by atoms with Crippen molar-refractivity contribution in [3.05, 3.63) is 58.6 Å². The molecule has 0 saturated carbocycles. The first-order valence-electron chi connectivity index (χ1n) is 8.92. The van der Waals surface area contributed by atoms with E-state index in [0.717, 1.165) is 41.9 Å². The molecule has 5 heteroatoms. The number of anilines is 2. The maximum Gasteiger partial charge on any atom is 0.229 e. The molecule has 0 aliphatic carbocycles. The van der Waals surface area contributed by atoms with Crippen LogP contribution in [0, 0.1) is 5.92 Å². The third kappa shape index (κ3) is 4.25. The summed E-state index contributed by atoms with van der Waals surface area (Å²) in [6.45, 7) is 4.59. The van der Waals surface area contributed by atoms with Gasteiger partial charge in [-0.3, -0.25) is 9.59 Å². The molecule has 3 rings (SSSR count). The summed E-state index contributed by atoms with van der Waals surface area (Å²) in [4.78, 5) is 26.5. The molecule has 136 valence electrons. The van der Waals surface area contributed by atoms with Crippen molar-refractivity contribution in [3.63, 3.8) is 0 Å². The number of fused-ring (bicyclic) bond motifs is 1. The first kappa shape index (κ1) is 18.5. The molecule has 0 fully saturated rings. The largest absolute Gasteiger partial charge is 0.326 e. The van der Waals surface area contributed by atoms with E-state index in [4.69, 9.17) is 11.6 Å². The predicted octanol–water partition coefficient (Wildman–Crippen LogP) is 4.46. The molecule has 0 aromatic heterocycles. The number of nitrogens with one attached hydrogen (secondary N) is 1. The Hall–Kier alpha value is -2.33. The fourth-order valence-electron chi connectivity index (χ4n) is 3.21. The molecule has 4 nitrogen and oxygen atoms in total. The second-order valence-corrected chi connectivity index (χ2v) is 7.38. The van der Waals surface area contributed by atoms with Crippen LogP contribution in [0.25, 0.3) is 0 Å². The van der Waals surface area contributed by atoms with Gasteiger partial charge in [0.1, 0.15) is 0 Å². The maximum atomic E-state index is 12.4. The standard InChI is InChI=1S/C21H23ClN2O2/c1-14(2)21(26)24-11-3-4-16-13-18(9-10-19(16)24)23-20(25)12-15-5-7-17(22)8-6-15/h5-10,13-14H,3-4,11-12H2,1-2H3,(H,23,25). The van der Waals surface area contributed by atoms with E-state index in [-0.39, 0.29) is 17.7 Å². The molecule has 0 unspecified atom stereocenters. The number of amides is 2. The highest BCUT2D eigenvalue weighted by molar-refractivity contribution is 6.30. The average Bonchev–Trinajstić information content (AvgIpc) is 2.62. The quantitative estimate of drug-likeness (QED) is 0.863. The zero-order chi connectivity index (χ0) is 18.7. The van der Waals surface area contributed by atoms with Gasteiger partial charge in [0.05, 0.1) is 6.42 Å². The van der Waals surface area contributed by atoms with Gasteiger partial charge in [-0.1, -0.05) is 37.6 Å². The van der Waals surface area contributed by atoms with Crippen LogP contribution in [0.1, 0.15) is 31.4 Å². The number of carbonyl (C=O) groups excluding carboxylic acids is 2. The Morgan fingerprint density at radius 3 is 2.58 bits per heavy atom. The SMILES string of the molecule is CC(C)C(=O)N1CCCc2cc(NC(=O)Cc3ccc(Cl)cc3)ccc21. The number of halogens is 1.